The average molecular weight is 243 g/mol. The van der Waals surface area contributed by atoms with Crippen LogP contribution in [0.5, 0.6) is 0 Å². The number of likely N-dealkylation sites (tertiary alicyclic amines) is 2. The van der Waals surface area contributed by atoms with Gasteiger partial charge in [-0.3, -0.25) is 0 Å². The molecule has 94 valence electrons. The van der Waals surface area contributed by atoms with Crippen LogP contribution >= 0.6 is 12.2 Å². The zero-order valence-corrected chi connectivity index (χ0v) is 11.6. The SMILES string of the molecule is C=C.CC1CN(C)C1.CN1CC(C(N)=S)C1. The zero-order chi connectivity index (χ0) is 12.7. The van der Waals surface area contributed by atoms with Crippen molar-refractivity contribution in [2.45, 2.75) is 6.92 Å². The molecule has 2 saturated heterocycles. The molecule has 0 spiro atoms. The van der Waals surface area contributed by atoms with Crippen molar-refractivity contribution in [1.29, 1.82) is 0 Å². The molecule has 2 N–H and O–H groups in total. The molecule has 0 aromatic carbocycles. The molecule has 2 fully saturated rings. The van der Waals surface area contributed by atoms with Gasteiger partial charge in [-0.25, -0.2) is 0 Å². The highest BCUT2D eigenvalue weighted by Gasteiger charge is 2.24. The molecule has 3 nitrogen and oxygen atoms in total. The molecule has 2 aliphatic heterocycles. The summed E-state index contributed by atoms with van der Waals surface area (Å²) < 4.78 is 0. The molecule has 0 aromatic rings. The molecular formula is C12H25N3S. The lowest BCUT2D eigenvalue weighted by Crippen LogP contribution is -2.49. The van der Waals surface area contributed by atoms with Gasteiger partial charge in [-0.1, -0.05) is 19.1 Å². The van der Waals surface area contributed by atoms with E-state index in [4.69, 9.17) is 18.0 Å². The second-order valence-electron chi connectivity index (χ2n) is 4.65. The van der Waals surface area contributed by atoms with E-state index in [9.17, 15) is 0 Å². The molecule has 0 aliphatic carbocycles. The first-order valence-corrected chi connectivity index (χ1v) is 6.06. The van der Waals surface area contributed by atoms with Crippen LogP contribution in [0.1, 0.15) is 6.92 Å². The Balaban J connectivity index is 0.000000251. The molecule has 0 radical (unpaired) electrons. The minimum atomic E-state index is 0.495. The molecule has 4 heteroatoms. The van der Waals surface area contributed by atoms with Crippen molar-refractivity contribution in [3.05, 3.63) is 13.2 Å². The fourth-order valence-corrected chi connectivity index (χ4v) is 2.04. The standard InChI is InChI=1S/C5H10N2S.C5H11N.C2H4/c1-7-2-4(3-7)5(6)8;1-5-3-6(2)4-5;1-2/h4H,2-3H2,1H3,(H2,6,8);5H,3-4H2,1-2H3;1-2H2. The van der Waals surface area contributed by atoms with E-state index in [1.165, 1.54) is 13.1 Å². The van der Waals surface area contributed by atoms with Crippen LogP contribution in [0.4, 0.5) is 0 Å². The maximum absolute atomic E-state index is 5.36. The van der Waals surface area contributed by atoms with Crippen molar-refractivity contribution in [3.8, 4) is 0 Å². The van der Waals surface area contributed by atoms with Gasteiger partial charge in [0.05, 0.1) is 4.99 Å². The summed E-state index contributed by atoms with van der Waals surface area (Å²) in [6.45, 7) is 13.0. The largest absolute Gasteiger partial charge is 0.393 e. The summed E-state index contributed by atoms with van der Waals surface area (Å²) in [6.07, 6.45) is 0. The lowest BCUT2D eigenvalue weighted by atomic mass is 10.0. The van der Waals surface area contributed by atoms with Crippen LogP contribution in [0.2, 0.25) is 0 Å². The second-order valence-corrected chi connectivity index (χ2v) is 5.12. The van der Waals surface area contributed by atoms with Gasteiger partial charge in [0, 0.05) is 32.1 Å². The minimum absolute atomic E-state index is 0.495. The van der Waals surface area contributed by atoms with E-state index in [0.29, 0.717) is 10.9 Å². The molecule has 0 aromatic heterocycles. The number of nitrogens with two attached hydrogens (primary N) is 1. The highest BCUT2D eigenvalue weighted by Crippen LogP contribution is 2.11. The molecule has 16 heavy (non-hydrogen) atoms. The highest BCUT2D eigenvalue weighted by molar-refractivity contribution is 7.80. The summed E-state index contributed by atoms with van der Waals surface area (Å²) in [5.41, 5.74) is 5.36. The summed E-state index contributed by atoms with van der Waals surface area (Å²) in [5, 5.41) is 0. The number of hydrogen-bond donors (Lipinski definition) is 1. The second kappa shape index (κ2) is 7.76. The summed E-state index contributed by atoms with van der Waals surface area (Å²) in [6, 6.07) is 0. The van der Waals surface area contributed by atoms with Crippen LogP contribution in [0, 0.1) is 11.8 Å². The summed E-state index contributed by atoms with van der Waals surface area (Å²) >= 11 is 4.77. The van der Waals surface area contributed by atoms with Crippen LogP contribution < -0.4 is 5.73 Å². The van der Waals surface area contributed by atoms with Gasteiger partial charge < -0.3 is 15.5 Å². The first-order valence-electron chi connectivity index (χ1n) is 5.65. The summed E-state index contributed by atoms with van der Waals surface area (Å²) in [4.78, 5) is 5.19. The van der Waals surface area contributed by atoms with Crippen LogP contribution in [-0.4, -0.2) is 55.1 Å². The van der Waals surface area contributed by atoms with Gasteiger partial charge in [-0.05, 0) is 20.0 Å². The monoisotopic (exact) mass is 243 g/mol. The lowest BCUT2D eigenvalue weighted by molar-refractivity contribution is 0.149. The Bertz CT molecular complexity index is 202. The van der Waals surface area contributed by atoms with Gasteiger partial charge >= 0.3 is 0 Å². The first-order chi connectivity index (χ1) is 7.49. The van der Waals surface area contributed by atoms with E-state index >= 15 is 0 Å². The molecule has 2 rings (SSSR count). The molecule has 0 amide bonds. The van der Waals surface area contributed by atoms with Crippen molar-refractivity contribution in [3.63, 3.8) is 0 Å². The quantitative estimate of drug-likeness (QED) is 0.554. The molecule has 0 saturated carbocycles. The van der Waals surface area contributed by atoms with Gasteiger partial charge in [0.1, 0.15) is 0 Å². The van der Waals surface area contributed by atoms with Crippen LogP contribution in [0.15, 0.2) is 13.2 Å². The molecule has 0 atom stereocenters. The predicted molar refractivity (Wildman–Crippen MR) is 75.7 cm³/mol. The van der Waals surface area contributed by atoms with Crippen LogP contribution in [0.25, 0.3) is 0 Å². The van der Waals surface area contributed by atoms with Crippen molar-refractivity contribution >= 4 is 17.2 Å². The van der Waals surface area contributed by atoms with Crippen molar-refractivity contribution in [2.24, 2.45) is 17.6 Å². The number of rotatable bonds is 1. The van der Waals surface area contributed by atoms with E-state index in [1.54, 1.807) is 0 Å². The van der Waals surface area contributed by atoms with E-state index < -0.39 is 0 Å². The average Bonchev–Trinajstić information content (AvgIpc) is 2.15. The Kier molecular flexibility index (Phi) is 7.55. The Hall–Kier alpha value is -0.450. The Labute approximate surface area is 105 Å². The van der Waals surface area contributed by atoms with Crippen molar-refractivity contribution in [2.75, 3.05) is 40.3 Å². The first kappa shape index (κ1) is 15.6. The smallest absolute Gasteiger partial charge is 0.0784 e. The number of hydrogen-bond acceptors (Lipinski definition) is 3. The van der Waals surface area contributed by atoms with Crippen molar-refractivity contribution < 1.29 is 0 Å². The third kappa shape index (κ3) is 5.58. The maximum Gasteiger partial charge on any atom is 0.0784 e. The van der Waals surface area contributed by atoms with E-state index in [2.05, 4.69) is 44.0 Å². The third-order valence-electron chi connectivity index (χ3n) is 2.71. The normalized spacial score (nSPS) is 21.7. The van der Waals surface area contributed by atoms with Gasteiger partial charge in [0.15, 0.2) is 0 Å². The summed E-state index contributed by atoms with van der Waals surface area (Å²) in [7, 11) is 4.22. The Morgan fingerprint density at radius 1 is 1.12 bits per heavy atom. The molecule has 0 bridgehead atoms. The molecular weight excluding hydrogens is 218 g/mol. The van der Waals surface area contributed by atoms with Crippen LogP contribution in [0.3, 0.4) is 0 Å². The fraction of sp³-hybridized carbons (Fsp3) is 0.750. The van der Waals surface area contributed by atoms with Crippen molar-refractivity contribution in [1.82, 2.24) is 9.80 Å². The van der Waals surface area contributed by atoms with Gasteiger partial charge in [-0.2, -0.15) is 0 Å². The van der Waals surface area contributed by atoms with E-state index in [-0.39, 0.29) is 0 Å². The van der Waals surface area contributed by atoms with Gasteiger partial charge in [0.2, 0.25) is 0 Å². The maximum atomic E-state index is 5.36. The Morgan fingerprint density at radius 2 is 1.50 bits per heavy atom. The molecule has 0 unspecified atom stereocenters. The lowest BCUT2D eigenvalue weighted by Gasteiger charge is -2.35. The molecule has 2 heterocycles. The van der Waals surface area contributed by atoms with Gasteiger partial charge in [0.25, 0.3) is 0 Å². The number of thiocarbonyl (C=S) groups is 1. The zero-order valence-electron chi connectivity index (χ0n) is 10.8. The van der Waals surface area contributed by atoms with E-state index in [1.807, 2.05) is 0 Å². The Morgan fingerprint density at radius 3 is 1.56 bits per heavy atom. The number of nitrogens with zero attached hydrogens (tertiary/aromatic N) is 2. The highest BCUT2D eigenvalue weighted by atomic mass is 32.1. The van der Waals surface area contributed by atoms with Crippen LogP contribution in [-0.2, 0) is 0 Å². The topological polar surface area (TPSA) is 32.5 Å². The summed E-state index contributed by atoms with van der Waals surface area (Å²) in [5.74, 6) is 1.46. The molecule has 2 aliphatic rings. The van der Waals surface area contributed by atoms with Gasteiger partial charge in [-0.15, -0.1) is 13.2 Å². The predicted octanol–water partition coefficient (Wildman–Crippen LogP) is 1.20. The fourth-order valence-electron chi connectivity index (χ4n) is 1.89. The third-order valence-corrected chi connectivity index (χ3v) is 3.05. The minimum Gasteiger partial charge on any atom is -0.393 e. The van der Waals surface area contributed by atoms with E-state index in [0.717, 1.165) is 19.0 Å².